The molecule has 0 unspecified atom stereocenters. The molecule has 0 atom stereocenters. The average molecular weight is 293 g/mol. The van der Waals surface area contributed by atoms with E-state index >= 15 is 0 Å². The van der Waals surface area contributed by atoms with Crippen LogP contribution in [0.4, 0.5) is 22.7 Å². The maximum Gasteiger partial charge on any atom is 0.424 e. The van der Waals surface area contributed by atoms with Gasteiger partial charge < -0.3 is 0 Å². The minimum Gasteiger partial charge on any atom is -0.258 e. The molecule has 0 N–H and O–H groups in total. The number of rotatable bonds is 4. The van der Waals surface area contributed by atoms with Gasteiger partial charge in [-0.05, 0) is 0 Å². The number of hydrogen-bond acceptors (Lipinski definition) is 8. The summed E-state index contributed by atoms with van der Waals surface area (Å²) in [7, 11) is 0. The molecule has 0 radical (unpaired) electrons. The summed E-state index contributed by atoms with van der Waals surface area (Å²) in [4.78, 5) is 37.1. The number of hydrogen-bond donors (Lipinski definition) is 0. The molecule has 1 aromatic carbocycles. The second kappa shape index (κ2) is 4.77. The van der Waals surface area contributed by atoms with Crippen molar-refractivity contribution in [2.45, 2.75) is 0 Å². The monoisotopic (exact) mass is 292 g/mol. The van der Waals surface area contributed by atoms with Gasteiger partial charge in [-0.25, -0.2) is 0 Å². The van der Waals surface area contributed by atoms with Crippen LogP contribution >= 0.6 is 11.6 Å². The van der Waals surface area contributed by atoms with E-state index in [4.69, 9.17) is 11.6 Å². The number of halogens is 1. The molecule has 13 heteroatoms. The van der Waals surface area contributed by atoms with Gasteiger partial charge in [-0.3, -0.25) is 40.5 Å². The van der Waals surface area contributed by atoms with Crippen molar-refractivity contribution < 1.29 is 19.7 Å². The first-order chi connectivity index (χ1) is 8.68. The fourth-order valence-corrected chi connectivity index (χ4v) is 1.51. The SMILES string of the molecule is O=[N+]([O-])c1cc([N+](=O)[O-])c([N+](=O)[O-])c([N+](=O)[O-])c1Cl. The van der Waals surface area contributed by atoms with Crippen LogP contribution < -0.4 is 0 Å². The van der Waals surface area contributed by atoms with Gasteiger partial charge in [0.05, 0.1) is 19.7 Å². The lowest BCUT2D eigenvalue weighted by Crippen LogP contribution is -2.04. The van der Waals surface area contributed by atoms with E-state index in [0.29, 0.717) is 0 Å². The third-order valence-electron chi connectivity index (χ3n) is 1.93. The van der Waals surface area contributed by atoms with Crippen LogP contribution in [0.1, 0.15) is 0 Å². The Balaban J connectivity index is 3.94. The third-order valence-corrected chi connectivity index (χ3v) is 2.30. The van der Waals surface area contributed by atoms with Crippen molar-refractivity contribution in [1.82, 2.24) is 0 Å². The van der Waals surface area contributed by atoms with Gasteiger partial charge in [0.2, 0.25) is 5.02 Å². The first kappa shape index (κ1) is 14.2. The molecule has 0 fully saturated rings. The van der Waals surface area contributed by atoms with E-state index in [0.717, 1.165) is 0 Å². The van der Waals surface area contributed by atoms with Gasteiger partial charge in [0.25, 0.3) is 0 Å². The Hall–Kier alpha value is -2.89. The predicted molar refractivity (Wildman–Crippen MR) is 58.1 cm³/mol. The van der Waals surface area contributed by atoms with Crippen molar-refractivity contribution in [2.75, 3.05) is 0 Å². The minimum absolute atomic E-state index is 0.202. The van der Waals surface area contributed by atoms with Gasteiger partial charge >= 0.3 is 22.7 Å². The molecule has 0 aliphatic heterocycles. The molecule has 0 bridgehead atoms. The molecule has 12 nitrogen and oxygen atoms in total. The Morgan fingerprint density at radius 1 is 0.737 bits per heavy atom. The fraction of sp³-hybridized carbons (Fsp3) is 0. The zero-order chi connectivity index (χ0) is 14.9. The van der Waals surface area contributed by atoms with Crippen LogP contribution in [0.5, 0.6) is 0 Å². The van der Waals surface area contributed by atoms with E-state index in [9.17, 15) is 40.5 Å². The summed E-state index contributed by atoms with van der Waals surface area (Å²) >= 11 is 5.31. The highest BCUT2D eigenvalue weighted by atomic mass is 35.5. The molecular weight excluding hydrogens is 292 g/mol. The molecule has 0 aliphatic rings. The highest BCUT2D eigenvalue weighted by Gasteiger charge is 2.43. The second-order valence-electron chi connectivity index (χ2n) is 2.95. The second-order valence-corrected chi connectivity index (χ2v) is 3.33. The van der Waals surface area contributed by atoms with E-state index < -0.39 is 47.5 Å². The molecule has 0 heterocycles. The van der Waals surface area contributed by atoms with Gasteiger partial charge in [0, 0.05) is 0 Å². The summed E-state index contributed by atoms with van der Waals surface area (Å²) < 4.78 is 0. The average Bonchev–Trinajstić information content (AvgIpc) is 2.26. The zero-order valence-electron chi connectivity index (χ0n) is 8.51. The Labute approximate surface area is 106 Å². The standard InChI is InChI=1S/C6HClN4O8/c7-4-2(8(12)13)1-3(9(14)15)5(10(16)17)6(4)11(18)19/h1H. The van der Waals surface area contributed by atoms with Crippen LogP contribution in [-0.2, 0) is 0 Å². The lowest BCUT2D eigenvalue weighted by molar-refractivity contribution is -0.443. The van der Waals surface area contributed by atoms with Gasteiger partial charge in [-0.2, -0.15) is 0 Å². The molecule has 0 aromatic heterocycles. The fourth-order valence-electron chi connectivity index (χ4n) is 1.23. The lowest BCUT2D eigenvalue weighted by Gasteiger charge is -2.00. The maximum atomic E-state index is 10.7. The Bertz CT molecular complexity index is 628. The first-order valence-electron chi connectivity index (χ1n) is 4.12. The minimum atomic E-state index is -1.51. The topological polar surface area (TPSA) is 173 Å². The molecule has 0 aliphatic carbocycles. The predicted octanol–water partition coefficient (Wildman–Crippen LogP) is 1.97. The van der Waals surface area contributed by atoms with Gasteiger partial charge in [-0.15, -0.1) is 0 Å². The molecule has 19 heavy (non-hydrogen) atoms. The molecule has 0 saturated heterocycles. The maximum absolute atomic E-state index is 10.7. The van der Waals surface area contributed by atoms with E-state index in [-0.39, 0.29) is 6.07 Å². The van der Waals surface area contributed by atoms with E-state index in [1.54, 1.807) is 0 Å². The van der Waals surface area contributed by atoms with Crippen molar-refractivity contribution in [3.8, 4) is 0 Å². The van der Waals surface area contributed by atoms with E-state index in [2.05, 4.69) is 0 Å². The van der Waals surface area contributed by atoms with Gasteiger partial charge in [0.15, 0.2) is 0 Å². The Kier molecular flexibility index (Phi) is 3.56. The lowest BCUT2D eigenvalue weighted by atomic mass is 10.2. The summed E-state index contributed by atoms with van der Waals surface area (Å²) in [5.41, 5.74) is -5.54. The van der Waals surface area contributed by atoms with Crippen LogP contribution in [0.2, 0.25) is 5.02 Å². The number of nitro benzene ring substituents is 4. The van der Waals surface area contributed by atoms with Crippen LogP contribution in [0.3, 0.4) is 0 Å². The van der Waals surface area contributed by atoms with Crippen molar-refractivity contribution in [1.29, 1.82) is 0 Å². The van der Waals surface area contributed by atoms with Crippen molar-refractivity contribution in [2.24, 2.45) is 0 Å². The highest BCUT2D eigenvalue weighted by molar-refractivity contribution is 6.35. The smallest absolute Gasteiger partial charge is 0.258 e. The van der Waals surface area contributed by atoms with Crippen molar-refractivity contribution in [3.63, 3.8) is 0 Å². The molecule has 0 amide bonds. The van der Waals surface area contributed by atoms with Crippen LogP contribution in [0, 0.1) is 40.5 Å². The summed E-state index contributed by atoms with van der Waals surface area (Å²) in [6.07, 6.45) is 0. The largest absolute Gasteiger partial charge is 0.424 e. The third kappa shape index (κ3) is 2.37. The number of nitro groups is 4. The van der Waals surface area contributed by atoms with E-state index in [1.807, 2.05) is 0 Å². The Morgan fingerprint density at radius 2 is 1.16 bits per heavy atom. The molecule has 100 valence electrons. The summed E-state index contributed by atoms with van der Waals surface area (Å²) in [6, 6.07) is 0.202. The van der Waals surface area contributed by atoms with Gasteiger partial charge in [-0.1, -0.05) is 11.6 Å². The molecule has 0 spiro atoms. The molecule has 0 saturated carbocycles. The summed E-state index contributed by atoms with van der Waals surface area (Å²) in [5, 5.41) is 41.3. The van der Waals surface area contributed by atoms with E-state index in [1.165, 1.54) is 0 Å². The van der Waals surface area contributed by atoms with Crippen LogP contribution in [-0.4, -0.2) is 19.7 Å². The number of benzene rings is 1. The molecular formula is C6HClN4O8. The normalized spacial score (nSPS) is 9.95. The molecule has 1 aromatic rings. The quantitative estimate of drug-likeness (QED) is 0.597. The van der Waals surface area contributed by atoms with Gasteiger partial charge in [0.1, 0.15) is 6.07 Å². The van der Waals surface area contributed by atoms with Crippen molar-refractivity contribution >= 4 is 34.4 Å². The number of nitrogens with zero attached hydrogens (tertiary/aromatic N) is 4. The summed E-state index contributed by atoms with van der Waals surface area (Å²) in [5.74, 6) is 0. The van der Waals surface area contributed by atoms with Crippen LogP contribution in [0.25, 0.3) is 0 Å². The van der Waals surface area contributed by atoms with Crippen molar-refractivity contribution in [3.05, 3.63) is 51.5 Å². The summed E-state index contributed by atoms with van der Waals surface area (Å²) in [6.45, 7) is 0. The first-order valence-corrected chi connectivity index (χ1v) is 4.50. The Morgan fingerprint density at radius 3 is 1.47 bits per heavy atom. The highest BCUT2D eigenvalue weighted by Crippen LogP contribution is 2.46. The van der Waals surface area contributed by atoms with Crippen LogP contribution in [0.15, 0.2) is 6.07 Å². The molecule has 1 rings (SSSR count). The zero-order valence-corrected chi connectivity index (χ0v) is 9.27.